The van der Waals surface area contributed by atoms with E-state index in [-0.39, 0.29) is 11.9 Å². The quantitative estimate of drug-likeness (QED) is 0.835. The van der Waals surface area contributed by atoms with Crippen LogP contribution in [0.25, 0.3) is 0 Å². The first-order chi connectivity index (χ1) is 7.52. The molecule has 2 N–H and O–H groups in total. The van der Waals surface area contributed by atoms with E-state index < -0.39 is 0 Å². The molecule has 0 saturated heterocycles. The lowest BCUT2D eigenvalue weighted by atomic mass is 10.0. The predicted octanol–water partition coefficient (Wildman–Crippen LogP) is 0.983. The summed E-state index contributed by atoms with van der Waals surface area (Å²) in [6.07, 6.45) is 0.803. The summed E-state index contributed by atoms with van der Waals surface area (Å²) in [5.41, 5.74) is 6.33. The van der Waals surface area contributed by atoms with Gasteiger partial charge in [0.25, 0.3) is 5.91 Å². The lowest BCUT2D eigenvalue weighted by molar-refractivity contribution is 0.0783. The van der Waals surface area contributed by atoms with Crippen molar-refractivity contribution in [1.29, 1.82) is 0 Å². The fourth-order valence-corrected chi connectivity index (χ4v) is 1.66. The van der Waals surface area contributed by atoms with Crippen molar-refractivity contribution in [3.05, 3.63) is 11.1 Å². The van der Waals surface area contributed by atoms with E-state index in [0.29, 0.717) is 18.2 Å². The van der Waals surface area contributed by atoms with E-state index >= 15 is 0 Å². The van der Waals surface area contributed by atoms with Gasteiger partial charge in [0.2, 0.25) is 0 Å². The number of nitrogens with zero attached hydrogens (tertiary/aromatic N) is 3. The van der Waals surface area contributed by atoms with Gasteiger partial charge in [-0.2, -0.15) is 0 Å². The molecule has 0 saturated carbocycles. The van der Waals surface area contributed by atoms with Crippen LogP contribution in [0.3, 0.4) is 0 Å². The topological polar surface area (TPSA) is 72.1 Å². The standard InChI is InChI=1S/C10H18N4OS/c1-7(2)8(11)4-5-14(3)10(15)9-6-16-13-12-9/h6-8H,4-5,11H2,1-3H3. The highest BCUT2D eigenvalue weighted by atomic mass is 32.1. The Morgan fingerprint density at radius 2 is 2.31 bits per heavy atom. The van der Waals surface area contributed by atoms with Crippen molar-refractivity contribution in [2.45, 2.75) is 26.3 Å². The normalized spacial score (nSPS) is 12.8. The maximum atomic E-state index is 11.8. The van der Waals surface area contributed by atoms with Gasteiger partial charge in [-0.3, -0.25) is 4.79 Å². The second-order valence-corrected chi connectivity index (χ2v) is 4.82. The summed E-state index contributed by atoms with van der Waals surface area (Å²) in [4.78, 5) is 13.4. The van der Waals surface area contributed by atoms with Gasteiger partial charge in [-0.1, -0.05) is 18.3 Å². The molecule has 0 fully saturated rings. The Kier molecular flexibility index (Phi) is 4.82. The number of hydrogen-bond acceptors (Lipinski definition) is 5. The predicted molar refractivity (Wildman–Crippen MR) is 64.3 cm³/mol. The van der Waals surface area contributed by atoms with Crippen molar-refractivity contribution < 1.29 is 4.79 Å². The molecule has 1 unspecified atom stereocenters. The van der Waals surface area contributed by atoms with Crippen molar-refractivity contribution in [3.63, 3.8) is 0 Å². The first kappa shape index (κ1) is 13.1. The van der Waals surface area contributed by atoms with Gasteiger partial charge in [0.05, 0.1) is 0 Å². The lowest BCUT2D eigenvalue weighted by Gasteiger charge is -2.20. The maximum absolute atomic E-state index is 11.8. The Hall–Kier alpha value is -1.01. The molecule has 0 aliphatic rings. The molecule has 5 nitrogen and oxygen atoms in total. The number of rotatable bonds is 5. The Balaban J connectivity index is 2.41. The summed E-state index contributed by atoms with van der Waals surface area (Å²) in [7, 11) is 1.76. The average molecular weight is 242 g/mol. The first-order valence-electron chi connectivity index (χ1n) is 5.30. The molecule has 1 atom stereocenters. The largest absolute Gasteiger partial charge is 0.340 e. The third kappa shape index (κ3) is 3.53. The highest BCUT2D eigenvalue weighted by Gasteiger charge is 2.16. The van der Waals surface area contributed by atoms with E-state index in [1.54, 1.807) is 17.3 Å². The Bertz CT molecular complexity index is 326. The molecule has 1 rings (SSSR count). The van der Waals surface area contributed by atoms with E-state index in [1.807, 2.05) is 0 Å². The van der Waals surface area contributed by atoms with Crippen LogP contribution >= 0.6 is 11.5 Å². The molecule has 1 amide bonds. The number of aromatic nitrogens is 2. The van der Waals surface area contributed by atoms with Gasteiger partial charge in [-0.25, -0.2) is 0 Å². The van der Waals surface area contributed by atoms with Gasteiger partial charge in [0.1, 0.15) is 0 Å². The van der Waals surface area contributed by atoms with Crippen LogP contribution in [0, 0.1) is 5.92 Å². The van der Waals surface area contributed by atoms with Crippen LogP contribution in [0.2, 0.25) is 0 Å². The first-order valence-corrected chi connectivity index (χ1v) is 6.14. The molecule has 0 aliphatic heterocycles. The van der Waals surface area contributed by atoms with Crippen LogP contribution in [0.15, 0.2) is 5.38 Å². The van der Waals surface area contributed by atoms with E-state index in [1.165, 1.54) is 11.5 Å². The zero-order chi connectivity index (χ0) is 12.1. The third-order valence-electron chi connectivity index (χ3n) is 2.58. The molecule has 1 heterocycles. The molecule has 0 aromatic carbocycles. The van der Waals surface area contributed by atoms with Gasteiger partial charge in [0, 0.05) is 25.0 Å². The SMILES string of the molecule is CC(C)C(N)CCN(C)C(=O)c1csnn1. The Morgan fingerprint density at radius 1 is 1.62 bits per heavy atom. The smallest absolute Gasteiger partial charge is 0.275 e. The van der Waals surface area contributed by atoms with Crippen LogP contribution in [0.1, 0.15) is 30.8 Å². The molecular formula is C10H18N4OS. The van der Waals surface area contributed by atoms with E-state index in [0.717, 1.165) is 6.42 Å². The van der Waals surface area contributed by atoms with Crippen LogP contribution in [-0.4, -0.2) is 40.0 Å². The summed E-state index contributed by atoms with van der Waals surface area (Å²) >= 11 is 1.18. The van der Waals surface area contributed by atoms with Crippen molar-refractivity contribution in [2.24, 2.45) is 11.7 Å². The molecule has 16 heavy (non-hydrogen) atoms. The highest BCUT2D eigenvalue weighted by Crippen LogP contribution is 2.06. The molecule has 6 heteroatoms. The monoisotopic (exact) mass is 242 g/mol. The number of hydrogen-bond donors (Lipinski definition) is 1. The molecule has 0 spiro atoms. The minimum atomic E-state index is -0.0929. The highest BCUT2D eigenvalue weighted by molar-refractivity contribution is 7.03. The zero-order valence-corrected chi connectivity index (χ0v) is 10.7. The summed E-state index contributed by atoms with van der Waals surface area (Å²) in [5.74, 6) is 0.342. The second-order valence-electron chi connectivity index (χ2n) is 4.21. The Labute approximate surface area is 99.8 Å². The molecule has 90 valence electrons. The molecule has 0 radical (unpaired) electrons. The van der Waals surface area contributed by atoms with Gasteiger partial charge in [-0.05, 0) is 23.9 Å². The van der Waals surface area contributed by atoms with Gasteiger partial charge >= 0.3 is 0 Å². The van der Waals surface area contributed by atoms with Crippen LogP contribution < -0.4 is 5.73 Å². The number of nitrogens with two attached hydrogens (primary N) is 1. The summed E-state index contributed by atoms with van der Waals surface area (Å²) < 4.78 is 3.67. The van der Waals surface area contributed by atoms with Crippen molar-refractivity contribution in [3.8, 4) is 0 Å². The number of carbonyl (C=O) groups is 1. The van der Waals surface area contributed by atoms with Gasteiger partial charge in [-0.15, -0.1) is 5.10 Å². The van der Waals surface area contributed by atoms with Crippen LogP contribution in [0.5, 0.6) is 0 Å². The molecule has 0 aliphatic carbocycles. The lowest BCUT2D eigenvalue weighted by Crippen LogP contribution is -2.34. The van der Waals surface area contributed by atoms with E-state index in [4.69, 9.17) is 5.73 Å². The van der Waals surface area contributed by atoms with Gasteiger partial charge < -0.3 is 10.6 Å². The van der Waals surface area contributed by atoms with E-state index in [2.05, 4.69) is 23.4 Å². The summed E-state index contributed by atoms with van der Waals surface area (Å²) in [6.45, 7) is 4.81. The van der Waals surface area contributed by atoms with Crippen LogP contribution in [-0.2, 0) is 0 Å². The maximum Gasteiger partial charge on any atom is 0.275 e. The fourth-order valence-electron chi connectivity index (χ4n) is 1.23. The van der Waals surface area contributed by atoms with Crippen molar-refractivity contribution in [1.82, 2.24) is 14.5 Å². The summed E-state index contributed by atoms with van der Waals surface area (Å²) in [5, 5.41) is 5.40. The minimum Gasteiger partial charge on any atom is -0.340 e. The number of amides is 1. The molecular weight excluding hydrogens is 224 g/mol. The Morgan fingerprint density at radius 3 is 2.81 bits per heavy atom. The minimum absolute atomic E-state index is 0.0929. The number of carbonyl (C=O) groups excluding carboxylic acids is 1. The van der Waals surface area contributed by atoms with Crippen molar-refractivity contribution in [2.75, 3.05) is 13.6 Å². The summed E-state index contributed by atoms with van der Waals surface area (Å²) in [6, 6.07) is 0.129. The molecule has 1 aromatic rings. The zero-order valence-electron chi connectivity index (χ0n) is 9.88. The van der Waals surface area contributed by atoms with Crippen LogP contribution in [0.4, 0.5) is 0 Å². The van der Waals surface area contributed by atoms with E-state index in [9.17, 15) is 4.79 Å². The fraction of sp³-hybridized carbons (Fsp3) is 0.700. The second kappa shape index (κ2) is 5.91. The molecule has 1 aromatic heterocycles. The average Bonchev–Trinajstić information content (AvgIpc) is 2.77. The molecule has 0 bridgehead atoms. The van der Waals surface area contributed by atoms with Gasteiger partial charge in [0.15, 0.2) is 5.69 Å². The van der Waals surface area contributed by atoms with Crippen molar-refractivity contribution >= 4 is 17.4 Å². The third-order valence-corrected chi connectivity index (χ3v) is 3.08.